The predicted molar refractivity (Wildman–Crippen MR) is 76.6 cm³/mol. The first-order chi connectivity index (χ1) is 9.08. The van der Waals surface area contributed by atoms with Gasteiger partial charge in [0, 0.05) is 13.1 Å². The van der Waals surface area contributed by atoms with Gasteiger partial charge in [0.2, 0.25) is 5.91 Å². The highest BCUT2D eigenvalue weighted by molar-refractivity contribution is 5.81. The maximum absolute atomic E-state index is 13.6. The van der Waals surface area contributed by atoms with Crippen molar-refractivity contribution in [1.29, 1.82) is 0 Å². The Morgan fingerprint density at radius 1 is 1.37 bits per heavy atom. The molecule has 0 spiro atoms. The number of carbonyl (C=O) groups excluding carboxylic acids is 1. The third kappa shape index (κ3) is 4.58. The minimum Gasteiger partial charge on any atom is -0.374 e. The van der Waals surface area contributed by atoms with Crippen molar-refractivity contribution < 1.29 is 9.18 Å². The molecule has 4 heteroatoms. The third-order valence-corrected chi connectivity index (χ3v) is 2.61. The van der Waals surface area contributed by atoms with Gasteiger partial charge in [-0.15, -0.1) is 13.2 Å². The van der Waals surface area contributed by atoms with Crippen molar-refractivity contribution in [2.24, 2.45) is 0 Å². The molecule has 1 amide bonds. The first kappa shape index (κ1) is 15.0. The van der Waals surface area contributed by atoms with Crippen LogP contribution in [0.15, 0.2) is 43.5 Å². The Morgan fingerprint density at radius 2 is 2.00 bits per heavy atom. The van der Waals surface area contributed by atoms with E-state index in [-0.39, 0.29) is 18.3 Å². The Hall–Kier alpha value is -2.10. The molecule has 1 aromatic carbocycles. The maximum Gasteiger partial charge on any atom is 0.242 e. The molecule has 3 nitrogen and oxygen atoms in total. The molecule has 0 saturated heterocycles. The Balaban J connectivity index is 2.61. The third-order valence-electron chi connectivity index (χ3n) is 2.61. The van der Waals surface area contributed by atoms with Crippen molar-refractivity contribution in [3.05, 3.63) is 54.9 Å². The Labute approximate surface area is 113 Å². The normalized spacial score (nSPS) is 9.79. The highest BCUT2D eigenvalue weighted by Gasteiger charge is 2.11. The van der Waals surface area contributed by atoms with Gasteiger partial charge in [-0.25, -0.2) is 4.39 Å². The molecule has 0 aromatic heterocycles. The summed E-state index contributed by atoms with van der Waals surface area (Å²) in [6, 6.07) is 4.85. The van der Waals surface area contributed by atoms with Gasteiger partial charge in [-0.1, -0.05) is 18.2 Å². The van der Waals surface area contributed by atoms with Gasteiger partial charge in [-0.2, -0.15) is 0 Å². The van der Waals surface area contributed by atoms with Crippen molar-refractivity contribution in [2.45, 2.75) is 6.92 Å². The molecule has 0 saturated carbocycles. The number of rotatable bonds is 7. The SMILES string of the molecule is C=CCN(CC=C)C(=O)CNc1ccc(C)cc1F. The van der Waals surface area contributed by atoms with E-state index in [0.29, 0.717) is 18.8 Å². The van der Waals surface area contributed by atoms with E-state index in [1.807, 2.05) is 6.92 Å². The second-order valence-electron chi connectivity index (χ2n) is 4.21. The van der Waals surface area contributed by atoms with Crippen LogP contribution in [0, 0.1) is 12.7 Å². The summed E-state index contributed by atoms with van der Waals surface area (Å²) in [6.07, 6.45) is 3.29. The minimum atomic E-state index is -0.355. The number of hydrogen-bond donors (Lipinski definition) is 1. The zero-order chi connectivity index (χ0) is 14.3. The summed E-state index contributed by atoms with van der Waals surface area (Å²) in [5.74, 6) is -0.480. The second-order valence-corrected chi connectivity index (χ2v) is 4.21. The Morgan fingerprint density at radius 3 is 2.53 bits per heavy atom. The molecule has 0 radical (unpaired) electrons. The molecule has 0 atom stereocenters. The molecule has 1 aromatic rings. The van der Waals surface area contributed by atoms with Crippen molar-refractivity contribution in [3.8, 4) is 0 Å². The van der Waals surface area contributed by atoms with Crippen LogP contribution in [-0.2, 0) is 4.79 Å². The molecule has 0 heterocycles. The predicted octanol–water partition coefficient (Wildman–Crippen LogP) is 2.75. The van der Waals surface area contributed by atoms with E-state index in [9.17, 15) is 9.18 Å². The van der Waals surface area contributed by atoms with Crippen LogP contribution in [0.5, 0.6) is 0 Å². The number of anilines is 1. The summed E-state index contributed by atoms with van der Waals surface area (Å²) in [4.78, 5) is 13.5. The van der Waals surface area contributed by atoms with Crippen molar-refractivity contribution in [1.82, 2.24) is 4.90 Å². The zero-order valence-corrected chi connectivity index (χ0v) is 11.2. The van der Waals surface area contributed by atoms with Crippen LogP contribution in [0.3, 0.4) is 0 Å². The average Bonchev–Trinajstić information content (AvgIpc) is 2.37. The van der Waals surface area contributed by atoms with Crippen LogP contribution >= 0.6 is 0 Å². The fourth-order valence-corrected chi connectivity index (χ4v) is 1.64. The Kier molecular flexibility index (Phi) is 5.79. The quantitative estimate of drug-likeness (QED) is 0.766. The molecule has 0 aliphatic carbocycles. The van der Waals surface area contributed by atoms with E-state index in [2.05, 4.69) is 18.5 Å². The zero-order valence-electron chi connectivity index (χ0n) is 11.2. The lowest BCUT2D eigenvalue weighted by molar-refractivity contribution is -0.128. The van der Waals surface area contributed by atoms with Crippen LogP contribution in [0.4, 0.5) is 10.1 Å². The van der Waals surface area contributed by atoms with Gasteiger partial charge in [0.1, 0.15) is 5.82 Å². The standard InChI is InChI=1S/C15H19FN2O/c1-4-8-18(9-5-2)15(19)11-17-14-7-6-12(3)10-13(14)16/h4-7,10,17H,1-2,8-9,11H2,3H3. The minimum absolute atomic E-state index is 0.0433. The highest BCUT2D eigenvalue weighted by Crippen LogP contribution is 2.14. The van der Waals surface area contributed by atoms with Gasteiger partial charge in [0.15, 0.2) is 0 Å². The second kappa shape index (κ2) is 7.36. The number of carbonyl (C=O) groups is 1. The summed E-state index contributed by atoms with van der Waals surface area (Å²) < 4.78 is 13.6. The Bertz CT molecular complexity index is 461. The van der Waals surface area contributed by atoms with E-state index < -0.39 is 0 Å². The molecular formula is C15H19FN2O. The summed E-state index contributed by atoms with van der Waals surface area (Å²) in [7, 11) is 0. The molecule has 0 unspecified atom stereocenters. The molecule has 0 fully saturated rings. The van der Waals surface area contributed by atoms with E-state index in [1.54, 1.807) is 29.2 Å². The first-order valence-electron chi connectivity index (χ1n) is 6.08. The summed E-state index contributed by atoms with van der Waals surface area (Å²) in [6.45, 7) is 9.95. The van der Waals surface area contributed by atoms with E-state index in [0.717, 1.165) is 5.56 Å². The van der Waals surface area contributed by atoms with Gasteiger partial charge in [-0.3, -0.25) is 4.79 Å². The lowest BCUT2D eigenvalue weighted by atomic mass is 10.2. The lowest BCUT2D eigenvalue weighted by Gasteiger charge is -2.19. The van der Waals surface area contributed by atoms with Crippen molar-refractivity contribution in [3.63, 3.8) is 0 Å². The van der Waals surface area contributed by atoms with E-state index in [1.165, 1.54) is 6.07 Å². The molecule has 19 heavy (non-hydrogen) atoms. The number of nitrogens with zero attached hydrogens (tertiary/aromatic N) is 1. The molecular weight excluding hydrogens is 243 g/mol. The molecule has 0 aliphatic heterocycles. The topological polar surface area (TPSA) is 32.3 Å². The molecule has 0 bridgehead atoms. The number of amides is 1. The number of benzene rings is 1. The van der Waals surface area contributed by atoms with E-state index >= 15 is 0 Å². The number of halogens is 1. The van der Waals surface area contributed by atoms with Gasteiger partial charge >= 0.3 is 0 Å². The van der Waals surface area contributed by atoms with Crippen LogP contribution in [-0.4, -0.2) is 30.4 Å². The maximum atomic E-state index is 13.6. The highest BCUT2D eigenvalue weighted by atomic mass is 19.1. The fraction of sp³-hybridized carbons (Fsp3) is 0.267. The van der Waals surface area contributed by atoms with Gasteiger partial charge < -0.3 is 10.2 Å². The van der Waals surface area contributed by atoms with Crippen LogP contribution in [0.25, 0.3) is 0 Å². The molecule has 1 rings (SSSR count). The van der Waals surface area contributed by atoms with Crippen LogP contribution < -0.4 is 5.32 Å². The number of nitrogens with one attached hydrogen (secondary N) is 1. The monoisotopic (exact) mass is 262 g/mol. The van der Waals surface area contributed by atoms with Gasteiger partial charge in [-0.05, 0) is 24.6 Å². The number of hydrogen-bond acceptors (Lipinski definition) is 2. The fourth-order valence-electron chi connectivity index (χ4n) is 1.64. The molecule has 102 valence electrons. The summed E-state index contributed by atoms with van der Waals surface area (Å²) in [5, 5.41) is 2.80. The first-order valence-corrected chi connectivity index (χ1v) is 6.08. The van der Waals surface area contributed by atoms with Gasteiger partial charge in [0.05, 0.1) is 12.2 Å². The van der Waals surface area contributed by atoms with E-state index in [4.69, 9.17) is 0 Å². The largest absolute Gasteiger partial charge is 0.374 e. The van der Waals surface area contributed by atoms with Crippen LogP contribution in [0.2, 0.25) is 0 Å². The van der Waals surface area contributed by atoms with Crippen LogP contribution in [0.1, 0.15) is 5.56 Å². The summed E-state index contributed by atoms with van der Waals surface area (Å²) >= 11 is 0. The number of aryl methyl sites for hydroxylation is 1. The smallest absolute Gasteiger partial charge is 0.242 e. The lowest BCUT2D eigenvalue weighted by Crippen LogP contribution is -2.35. The van der Waals surface area contributed by atoms with Crippen molar-refractivity contribution in [2.75, 3.05) is 25.0 Å². The van der Waals surface area contributed by atoms with Gasteiger partial charge in [0.25, 0.3) is 0 Å². The molecule has 1 N–H and O–H groups in total. The average molecular weight is 262 g/mol. The van der Waals surface area contributed by atoms with Crippen molar-refractivity contribution >= 4 is 11.6 Å². The summed E-state index contributed by atoms with van der Waals surface area (Å²) in [5.41, 5.74) is 1.17. The molecule has 0 aliphatic rings.